The van der Waals surface area contributed by atoms with Crippen LogP contribution in [0.5, 0.6) is 0 Å². The molecule has 0 saturated heterocycles. The number of aryl methyl sites for hydroxylation is 2. The summed E-state index contributed by atoms with van der Waals surface area (Å²) >= 11 is 3.39. The fourth-order valence-corrected chi connectivity index (χ4v) is 2.14. The molecule has 0 bridgehead atoms. The Bertz CT molecular complexity index is 517. The van der Waals surface area contributed by atoms with Crippen LogP contribution in [-0.4, -0.2) is 17.0 Å². The second kappa shape index (κ2) is 5.48. The molecule has 0 radical (unpaired) electrons. The Hall–Kier alpha value is -1.42. The molecule has 94 valence electrons. The normalized spacial score (nSPS) is 10.4. The molecule has 0 amide bonds. The molecule has 0 aliphatic rings. The van der Waals surface area contributed by atoms with Crippen LogP contribution in [-0.2, 0) is 5.33 Å². The molecule has 2 aromatic rings. The lowest BCUT2D eigenvalue weighted by Crippen LogP contribution is -2.13. The van der Waals surface area contributed by atoms with Crippen LogP contribution < -0.4 is 4.90 Å². The van der Waals surface area contributed by atoms with E-state index in [0.717, 1.165) is 16.6 Å². The molecule has 3 nitrogen and oxygen atoms in total. The highest BCUT2D eigenvalue weighted by Gasteiger charge is 2.07. The maximum atomic E-state index is 4.37. The van der Waals surface area contributed by atoms with Gasteiger partial charge in [-0.25, -0.2) is 9.97 Å². The van der Waals surface area contributed by atoms with Gasteiger partial charge >= 0.3 is 0 Å². The van der Waals surface area contributed by atoms with Crippen molar-refractivity contribution in [3.63, 3.8) is 0 Å². The summed E-state index contributed by atoms with van der Waals surface area (Å²) in [6.07, 6.45) is 3.69. The van der Waals surface area contributed by atoms with Crippen molar-refractivity contribution in [1.29, 1.82) is 0 Å². The molecule has 18 heavy (non-hydrogen) atoms. The molecule has 0 fully saturated rings. The quantitative estimate of drug-likeness (QED) is 0.809. The van der Waals surface area contributed by atoms with Gasteiger partial charge in [0.15, 0.2) is 0 Å². The molecule has 0 aliphatic carbocycles. The summed E-state index contributed by atoms with van der Waals surface area (Å²) in [4.78, 5) is 10.7. The van der Waals surface area contributed by atoms with E-state index in [9.17, 15) is 0 Å². The second-order valence-electron chi connectivity index (χ2n) is 4.43. The molecule has 0 atom stereocenters. The van der Waals surface area contributed by atoms with Gasteiger partial charge in [-0.05, 0) is 42.7 Å². The first-order chi connectivity index (χ1) is 8.60. The summed E-state index contributed by atoms with van der Waals surface area (Å²) in [7, 11) is 1.98. The zero-order chi connectivity index (χ0) is 13.1. The molecule has 0 aliphatic heterocycles. The van der Waals surface area contributed by atoms with Gasteiger partial charge in [-0.2, -0.15) is 0 Å². The number of alkyl halides is 1. The highest BCUT2D eigenvalue weighted by Crippen LogP contribution is 2.22. The van der Waals surface area contributed by atoms with E-state index >= 15 is 0 Å². The number of rotatable bonds is 3. The lowest BCUT2D eigenvalue weighted by molar-refractivity contribution is 1.02. The zero-order valence-corrected chi connectivity index (χ0v) is 12.4. The molecule has 0 saturated carbocycles. The van der Waals surface area contributed by atoms with Gasteiger partial charge in [-0.1, -0.05) is 22.0 Å². The number of aromatic nitrogens is 2. The smallest absolute Gasteiger partial charge is 0.229 e. The standard InChI is InChI=1S/C14H16BrN3/c1-10-4-11(2)6-13(5-10)18(3)14-16-8-12(7-15)9-17-14/h4-6,8-9H,7H2,1-3H3. The van der Waals surface area contributed by atoms with E-state index in [-0.39, 0.29) is 0 Å². The van der Waals surface area contributed by atoms with Crippen molar-refractivity contribution in [3.05, 3.63) is 47.3 Å². The highest BCUT2D eigenvalue weighted by atomic mass is 79.9. The van der Waals surface area contributed by atoms with Crippen LogP contribution in [0, 0.1) is 13.8 Å². The fraction of sp³-hybridized carbons (Fsp3) is 0.286. The molecule has 4 heteroatoms. The first-order valence-electron chi connectivity index (χ1n) is 5.79. The summed E-state index contributed by atoms with van der Waals surface area (Å²) in [6, 6.07) is 6.43. The van der Waals surface area contributed by atoms with Gasteiger partial charge in [-0.15, -0.1) is 0 Å². The Kier molecular flexibility index (Phi) is 3.97. The van der Waals surface area contributed by atoms with Crippen molar-refractivity contribution in [2.45, 2.75) is 19.2 Å². The molecule has 1 heterocycles. The molecule has 0 N–H and O–H groups in total. The van der Waals surface area contributed by atoms with Crippen molar-refractivity contribution in [2.24, 2.45) is 0 Å². The third-order valence-corrected chi connectivity index (χ3v) is 3.39. The molecule has 1 aromatic heterocycles. The van der Waals surface area contributed by atoms with Gasteiger partial charge in [0.1, 0.15) is 0 Å². The van der Waals surface area contributed by atoms with Crippen LogP contribution in [0.15, 0.2) is 30.6 Å². The first kappa shape index (κ1) is 13.0. The zero-order valence-electron chi connectivity index (χ0n) is 10.8. The van der Waals surface area contributed by atoms with E-state index in [1.165, 1.54) is 11.1 Å². The van der Waals surface area contributed by atoms with Crippen LogP contribution in [0.2, 0.25) is 0 Å². The summed E-state index contributed by atoms with van der Waals surface area (Å²) in [6.45, 7) is 4.19. The topological polar surface area (TPSA) is 29.0 Å². The summed E-state index contributed by atoms with van der Waals surface area (Å²) < 4.78 is 0. The minimum atomic E-state index is 0.713. The van der Waals surface area contributed by atoms with E-state index in [1.807, 2.05) is 24.3 Å². The van der Waals surface area contributed by atoms with Crippen molar-refractivity contribution >= 4 is 27.6 Å². The Morgan fingerprint density at radius 3 is 2.11 bits per heavy atom. The monoisotopic (exact) mass is 305 g/mol. The van der Waals surface area contributed by atoms with Gasteiger partial charge in [0, 0.05) is 30.5 Å². The van der Waals surface area contributed by atoms with Crippen LogP contribution in [0.25, 0.3) is 0 Å². The van der Waals surface area contributed by atoms with E-state index < -0.39 is 0 Å². The van der Waals surface area contributed by atoms with Crippen LogP contribution in [0.1, 0.15) is 16.7 Å². The molecule has 1 aromatic carbocycles. The van der Waals surface area contributed by atoms with E-state index in [2.05, 4.69) is 57.9 Å². The first-order valence-corrected chi connectivity index (χ1v) is 6.91. The molecular weight excluding hydrogens is 290 g/mol. The number of hydrogen-bond acceptors (Lipinski definition) is 3. The number of nitrogens with zero attached hydrogens (tertiary/aromatic N) is 3. The molecule has 2 rings (SSSR count). The SMILES string of the molecule is Cc1cc(C)cc(N(C)c2ncc(CBr)cn2)c1. The van der Waals surface area contributed by atoms with Crippen molar-refractivity contribution in [3.8, 4) is 0 Å². The van der Waals surface area contributed by atoms with Crippen molar-refractivity contribution < 1.29 is 0 Å². The fourth-order valence-electron chi connectivity index (χ4n) is 1.85. The van der Waals surface area contributed by atoms with Crippen molar-refractivity contribution in [1.82, 2.24) is 9.97 Å². The average molecular weight is 306 g/mol. The van der Waals surface area contributed by atoms with Gasteiger partial charge in [0.2, 0.25) is 5.95 Å². The molecule has 0 unspecified atom stereocenters. The Morgan fingerprint density at radius 2 is 1.61 bits per heavy atom. The molecule has 0 spiro atoms. The maximum absolute atomic E-state index is 4.37. The van der Waals surface area contributed by atoms with Gasteiger partial charge in [-0.3, -0.25) is 0 Å². The predicted octanol–water partition coefficient (Wildman–Crippen LogP) is 3.76. The largest absolute Gasteiger partial charge is 0.314 e. The lowest BCUT2D eigenvalue weighted by atomic mass is 10.1. The minimum Gasteiger partial charge on any atom is -0.314 e. The summed E-state index contributed by atoms with van der Waals surface area (Å²) in [5, 5.41) is 0.778. The average Bonchev–Trinajstić information content (AvgIpc) is 2.37. The lowest BCUT2D eigenvalue weighted by Gasteiger charge is -2.18. The molecular formula is C14H16BrN3. The number of halogens is 1. The number of benzene rings is 1. The number of hydrogen-bond donors (Lipinski definition) is 0. The van der Waals surface area contributed by atoms with E-state index in [4.69, 9.17) is 0 Å². The number of anilines is 2. The predicted molar refractivity (Wildman–Crippen MR) is 78.6 cm³/mol. The van der Waals surface area contributed by atoms with Gasteiger partial charge < -0.3 is 4.90 Å². The van der Waals surface area contributed by atoms with Crippen LogP contribution in [0.3, 0.4) is 0 Å². The Labute approximate surface area is 116 Å². The summed E-state index contributed by atoms with van der Waals surface area (Å²) in [5.41, 5.74) is 4.68. The third kappa shape index (κ3) is 2.88. The van der Waals surface area contributed by atoms with Crippen LogP contribution >= 0.6 is 15.9 Å². The highest BCUT2D eigenvalue weighted by molar-refractivity contribution is 9.08. The Balaban J connectivity index is 2.31. The van der Waals surface area contributed by atoms with E-state index in [0.29, 0.717) is 5.95 Å². The van der Waals surface area contributed by atoms with Gasteiger partial charge in [0.25, 0.3) is 0 Å². The maximum Gasteiger partial charge on any atom is 0.229 e. The summed E-state index contributed by atoms with van der Waals surface area (Å²) in [5.74, 6) is 0.713. The van der Waals surface area contributed by atoms with Gasteiger partial charge in [0.05, 0.1) is 0 Å². The van der Waals surface area contributed by atoms with Crippen LogP contribution in [0.4, 0.5) is 11.6 Å². The second-order valence-corrected chi connectivity index (χ2v) is 4.99. The van der Waals surface area contributed by atoms with Crippen molar-refractivity contribution in [2.75, 3.05) is 11.9 Å². The van der Waals surface area contributed by atoms with E-state index in [1.54, 1.807) is 0 Å². The minimum absolute atomic E-state index is 0.713. The third-order valence-electron chi connectivity index (χ3n) is 2.74. The Morgan fingerprint density at radius 1 is 1.06 bits per heavy atom.